The lowest BCUT2D eigenvalue weighted by Gasteiger charge is -2.11. The van der Waals surface area contributed by atoms with Crippen molar-refractivity contribution in [1.82, 2.24) is 4.57 Å². The van der Waals surface area contributed by atoms with Gasteiger partial charge in [-0.1, -0.05) is 55.3 Å². The van der Waals surface area contributed by atoms with Gasteiger partial charge in [-0.05, 0) is 68.2 Å². The Kier molecular flexibility index (Phi) is 6.39. The van der Waals surface area contributed by atoms with Crippen molar-refractivity contribution in [1.29, 1.82) is 5.26 Å². The van der Waals surface area contributed by atoms with Gasteiger partial charge in [0.05, 0.1) is 11.6 Å². The highest BCUT2D eigenvalue weighted by Gasteiger charge is 2.12. The monoisotopic (exact) mass is 388 g/mol. The zero-order chi connectivity index (χ0) is 20.1. The molecule has 0 aliphatic carbocycles. The Morgan fingerprint density at radius 2 is 1.82 bits per heavy atom. The van der Waals surface area contributed by atoms with Gasteiger partial charge in [0.2, 0.25) is 0 Å². The van der Waals surface area contributed by atoms with Crippen LogP contribution in [-0.2, 0) is 6.42 Å². The van der Waals surface area contributed by atoms with E-state index in [-0.39, 0.29) is 0 Å². The zero-order valence-corrected chi connectivity index (χ0v) is 17.4. The second-order valence-electron chi connectivity index (χ2n) is 7.08. The van der Waals surface area contributed by atoms with Gasteiger partial charge in [-0.25, -0.2) is 0 Å². The van der Waals surface area contributed by atoms with Crippen LogP contribution in [0.25, 0.3) is 17.3 Å². The van der Waals surface area contributed by atoms with Gasteiger partial charge in [-0.15, -0.1) is 0 Å². The molecule has 3 heteroatoms. The molecule has 142 valence electrons. The van der Waals surface area contributed by atoms with E-state index in [4.69, 9.17) is 11.6 Å². The molecule has 0 spiro atoms. The molecule has 1 heterocycles. The minimum atomic E-state index is 0.570. The van der Waals surface area contributed by atoms with E-state index in [0.29, 0.717) is 10.6 Å². The molecule has 0 N–H and O–H groups in total. The van der Waals surface area contributed by atoms with Gasteiger partial charge >= 0.3 is 0 Å². The molecule has 0 radical (unpaired) electrons. The number of aromatic nitrogens is 1. The van der Waals surface area contributed by atoms with Crippen molar-refractivity contribution >= 4 is 23.3 Å². The number of unbranched alkanes of at least 4 members (excludes halogenated alkanes) is 1. The summed E-state index contributed by atoms with van der Waals surface area (Å²) in [6.45, 7) is 6.40. The van der Waals surface area contributed by atoms with Crippen LogP contribution in [0, 0.1) is 25.2 Å². The van der Waals surface area contributed by atoms with Gasteiger partial charge in [-0.2, -0.15) is 5.26 Å². The van der Waals surface area contributed by atoms with Crippen LogP contribution in [0.1, 0.15) is 47.8 Å². The number of hydrogen-bond acceptors (Lipinski definition) is 1. The Balaban J connectivity index is 1.98. The first-order chi connectivity index (χ1) is 13.5. The fraction of sp³-hybridized carbons (Fsp3) is 0.240. The summed E-state index contributed by atoms with van der Waals surface area (Å²) in [4.78, 5) is 0. The van der Waals surface area contributed by atoms with Gasteiger partial charge < -0.3 is 4.57 Å². The van der Waals surface area contributed by atoms with Gasteiger partial charge in [-0.3, -0.25) is 0 Å². The largest absolute Gasteiger partial charge is 0.318 e. The molecule has 2 aromatic carbocycles. The average molecular weight is 389 g/mol. The van der Waals surface area contributed by atoms with E-state index in [0.717, 1.165) is 34.6 Å². The molecule has 0 atom stereocenters. The highest BCUT2D eigenvalue weighted by molar-refractivity contribution is 6.32. The lowest BCUT2D eigenvalue weighted by atomic mass is 10.0. The van der Waals surface area contributed by atoms with E-state index >= 15 is 0 Å². The maximum Gasteiger partial charge on any atom is 0.0998 e. The van der Waals surface area contributed by atoms with Crippen molar-refractivity contribution in [2.45, 2.75) is 40.0 Å². The molecule has 0 fully saturated rings. The van der Waals surface area contributed by atoms with Crippen LogP contribution in [0.2, 0.25) is 5.02 Å². The molecule has 1 aromatic heterocycles. The highest BCUT2D eigenvalue weighted by atomic mass is 35.5. The molecule has 0 amide bonds. The van der Waals surface area contributed by atoms with E-state index in [9.17, 15) is 5.26 Å². The number of nitrogens with zero attached hydrogens (tertiary/aromatic N) is 2. The van der Waals surface area contributed by atoms with E-state index in [1.165, 1.54) is 18.4 Å². The van der Waals surface area contributed by atoms with E-state index in [2.05, 4.69) is 61.7 Å². The van der Waals surface area contributed by atoms with Crippen molar-refractivity contribution in [3.05, 3.63) is 87.7 Å². The van der Waals surface area contributed by atoms with Crippen molar-refractivity contribution < 1.29 is 0 Å². The molecule has 0 aliphatic heterocycles. The minimum absolute atomic E-state index is 0.570. The molecule has 3 aromatic rings. The fourth-order valence-corrected chi connectivity index (χ4v) is 3.77. The first-order valence-corrected chi connectivity index (χ1v) is 10.1. The van der Waals surface area contributed by atoms with Crippen LogP contribution >= 0.6 is 11.6 Å². The standard InChI is InChI=1S/C25H25ClN2/c1-4-5-8-20-11-13-23(14-12-20)28-18(2)15-21(19(28)3)16-22(17-27)24-9-6-7-10-25(24)26/h6-7,9-16H,4-5,8H2,1-3H3. The lowest BCUT2D eigenvalue weighted by molar-refractivity contribution is 0.794. The molecular formula is C25H25ClN2. The topological polar surface area (TPSA) is 28.7 Å². The summed E-state index contributed by atoms with van der Waals surface area (Å²) in [6, 6.07) is 20.7. The summed E-state index contributed by atoms with van der Waals surface area (Å²) in [5.41, 5.74) is 7.13. The van der Waals surface area contributed by atoms with Gasteiger partial charge in [0.25, 0.3) is 0 Å². The lowest BCUT2D eigenvalue weighted by Crippen LogP contribution is -1.99. The summed E-state index contributed by atoms with van der Waals surface area (Å²) < 4.78 is 2.23. The Labute approximate surface area is 172 Å². The van der Waals surface area contributed by atoms with Crippen molar-refractivity contribution in [2.24, 2.45) is 0 Å². The zero-order valence-electron chi connectivity index (χ0n) is 16.7. The van der Waals surface area contributed by atoms with Crippen LogP contribution in [0.5, 0.6) is 0 Å². The number of nitriles is 1. The third-order valence-electron chi connectivity index (χ3n) is 5.07. The second kappa shape index (κ2) is 8.95. The number of benzene rings is 2. The van der Waals surface area contributed by atoms with Crippen molar-refractivity contribution in [2.75, 3.05) is 0 Å². The maximum absolute atomic E-state index is 9.67. The smallest absolute Gasteiger partial charge is 0.0998 e. The molecule has 3 rings (SSSR count). The summed E-state index contributed by atoms with van der Waals surface area (Å²) in [7, 11) is 0. The van der Waals surface area contributed by atoms with Crippen LogP contribution in [0.3, 0.4) is 0 Å². The van der Waals surface area contributed by atoms with Crippen LogP contribution in [0.15, 0.2) is 54.6 Å². The van der Waals surface area contributed by atoms with Crippen LogP contribution in [0.4, 0.5) is 0 Å². The van der Waals surface area contributed by atoms with E-state index in [1.807, 2.05) is 30.3 Å². The Bertz CT molecular complexity index is 1030. The third-order valence-corrected chi connectivity index (χ3v) is 5.40. The van der Waals surface area contributed by atoms with E-state index < -0.39 is 0 Å². The average Bonchev–Trinajstić information content (AvgIpc) is 2.98. The summed E-state index contributed by atoms with van der Waals surface area (Å²) in [6.07, 6.45) is 5.47. The van der Waals surface area contributed by atoms with Crippen molar-refractivity contribution in [3.8, 4) is 11.8 Å². The van der Waals surface area contributed by atoms with Crippen LogP contribution in [-0.4, -0.2) is 4.57 Å². The molecule has 28 heavy (non-hydrogen) atoms. The first-order valence-electron chi connectivity index (χ1n) is 9.70. The predicted octanol–water partition coefficient (Wildman–Crippen LogP) is 7.15. The predicted molar refractivity (Wildman–Crippen MR) is 119 cm³/mol. The minimum Gasteiger partial charge on any atom is -0.318 e. The summed E-state index contributed by atoms with van der Waals surface area (Å²) in [5, 5.41) is 10.3. The van der Waals surface area contributed by atoms with E-state index in [1.54, 1.807) is 0 Å². The molecule has 0 saturated heterocycles. The SMILES string of the molecule is CCCCc1ccc(-n2c(C)cc(C=C(C#N)c3ccccc3Cl)c2C)cc1. The fourth-order valence-electron chi connectivity index (χ4n) is 3.53. The summed E-state index contributed by atoms with van der Waals surface area (Å²) >= 11 is 6.29. The third kappa shape index (κ3) is 4.21. The highest BCUT2D eigenvalue weighted by Crippen LogP contribution is 2.28. The first kappa shape index (κ1) is 20.0. The van der Waals surface area contributed by atoms with Gasteiger partial charge in [0.15, 0.2) is 0 Å². The number of rotatable bonds is 6. The van der Waals surface area contributed by atoms with Gasteiger partial charge in [0, 0.05) is 27.7 Å². The normalized spacial score (nSPS) is 11.5. The Hall–Kier alpha value is -2.76. The molecule has 0 bridgehead atoms. The summed E-state index contributed by atoms with van der Waals surface area (Å²) in [5.74, 6) is 0. The van der Waals surface area contributed by atoms with Crippen LogP contribution < -0.4 is 0 Å². The number of halogens is 1. The molecule has 0 saturated carbocycles. The Morgan fingerprint density at radius 1 is 1.11 bits per heavy atom. The second-order valence-corrected chi connectivity index (χ2v) is 7.49. The number of aryl methyl sites for hydroxylation is 2. The van der Waals surface area contributed by atoms with Gasteiger partial charge in [0.1, 0.15) is 0 Å². The maximum atomic E-state index is 9.67. The molecule has 0 aliphatic rings. The Morgan fingerprint density at radius 3 is 2.46 bits per heavy atom. The molecule has 0 unspecified atom stereocenters. The quantitative estimate of drug-likeness (QED) is 0.412. The number of allylic oxidation sites excluding steroid dienone is 1. The molecular weight excluding hydrogens is 364 g/mol. The molecule has 2 nitrogen and oxygen atoms in total. The number of hydrogen-bond donors (Lipinski definition) is 0. The van der Waals surface area contributed by atoms with Crippen molar-refractivity contribution in [3.63, 3.8) is 0 Å².